The van der Waals surface area contributed by atoms with E-state index in [1.807, 2.05) is 10.8 Å². The number of imidazole rings is 1. The van der Waals surface area contributed by atoms with Crippen LogP contribution in [0.1, 0.15) is 38.8 Å². The summed E-state index contributed by atoms with van der Waals surface area (Å²) in [6.07, 6.45) is 3.14. The van der Waals surface area contributed by atoms with Gasteiger partial charge >= 0.3 is 0 Å². The fourth-order valence-corrected chi connectivity index (χ4v) is 1.15. The average Bonchev–Trinajstić information content (AvgIpc) is 2.34. The minimum absolute atomic E-state index is 0.463. The van der Waals surface area contributed by atoms with Gasteiger partial charge < -0.3 is 10.3 Å². The number of hydrogen-bond acceptors (Lipinski definition) is 2. The van der Waals surface area contributed by atoms with Crippen molar-refractivity contribution < 1.29 is 0 Å². The van der Waals surface area contributed by atoms with E-state index >= 15 is 0 Å². The fourth-order valence-electron chi connectivity index (χ4n) is 1.15. The van der Waals surface area contributed by atoms with Crippen molar-refractivity contribution in [3.8, 4) is 0 Å². The molecule has 0 aliphatic carbocycles. The molecule has 0 aliphatic rings. The maximum absolute atomic E-state index is 5.72. The van der Waals surface area contributed by atoms with Crippen LogP contribution in [0.25, 0.3) is 0 Å². The quantitative estimate of drug-likeness (QED) is 0.748. The highest BCUT2D eigenvalue weighted by Crippen LogP contribution is 2.14. The van der Waals surface area contributed by atoms with Crippen LogP contribution in [0.3, 0.4) is 0 Å². The topological polar surface area (TPSA) is 43.8 Å². The number of nitrogen functional groups attached to an aromatic ring is 1. The van der Waals surface area contributed by atoms with Crippen LogP contribution in [0.4, 0.5) is 5.95 Å². The number of anilines is 1. The molecule has 0 aromatic carbocycles. The molecule has 0 fully saturated rings. The van der Waals surface area contributed by atoms with E-state index in [0.717, 1.165) is 18.7 Å². The van der Waals surface area contributed by atoms with E-state index in [0.29, 0.717) is 11.9 Å². The highest BCUT2D eigenvalue weighted by molar-refractivity contribution is 5.23. The molecule has 1 heterocycles. The van der Waals surface area contributed by atoms with Crippen LogP contribution in [0.5, 0.6) is 0 Å². The Kier molecular flexibility index (Phi) is 2.74. The SMILES string of the molecule is CCCn1cc(C(C)C)nc1N. The van der Waals surface area contributed by atoms with Crippen LogP contribution in [0.15, 0.2) is 6.20 Å². The third-order valence-corrected chi connectivity index (χ3v) is 1.88. The zero-order valence-electron chi connectivity index (χ0n) is 8.04. The predicted octanol–water partition coefficient (Wildman–Crippen LogP) is 2.00. The fraction of sp³-hybridized carbons (Fsp3) is 0.667. The molecule has 0 saturated carbocycles. The second-order valence-electron chi connectivity index (χ2n) is 3.37. The van der Waals surface area contributed by atoms with Crippen LogP contribution in [0, 0.1) is 0 Å². The Morgan fingerprint density at radius 1 is 1.58 bits per heavy atom. The van der Waals surface area contributed by atoms with Gasteiger partial charge in [0.2, 0.25) is 0 Å². The summed E-state index contributed by atoms with van der Waals surface area (Å²) in [6, 6.07) is 0. The first-order valence-electron chi connectivity index (χ1n) is 4.47. The summed E-state index contributed by atoms with van der Waals surface area (Å²) in [5, 5.41) is 0. The lowest BCUT2D eigenvalue weighted by Crippen LogP contribution is -2.00. The lowest BCUT2D eigenvalue weighted by molar-refractivity contribution is 0.685. The Morgan fingerprint density at radius 3 is 2.67 bits per heavy atom. The molecule has 0 aliphatic heterocycles. The molecular weight excluding hydrogens is 150 g/mol. The lowest BCUT2D eigenvalue weighted by Gasteiger charge is -1.99. The van der Waals surface area contributed by atoms with Crippen LogP contribution in [-0.4, -0.2) is 9.55 Å². The molecule has 0 atom stereocenters. The monoisotopic (exact) mass is 167 g/mol. The van der Waals surface area contributed by atoms with Crippen molar-refractivity contribution in [2.75, 3.05) is 5.73 Å². The number of hydrogen-bond donors (Lipinski definition) is 1. The van der Waals surface area contributed by atoms with Gasteiger partial charge in [-0.2, -0.15) is 0 Å². The zero-order valence-corrected chi connectivity index (χ0v) is 8.04. The Balaban J connectivity index is 2.85. The summed E-state index contributed by atoms with van der Waals surface area (Å²) in [5.41, 5.74) is 6.80. The van der Waals surface area contributed by atoms with E-state index in [2.05, 4.69) is 25.8 Å². The van der Waals surface area contributed by atoms with E-state index in [9.17, 15) is 0 Å². The smallest absolute Gasteiger partial charge is 0.200 e. The van der Waals surface area contributed by atoms with Crippen LogP contribution in [0.2, 0.25) is 0 Å². The number of rotatable bonds is 3. The number of aromatic nitrogens is 2. The van der Waals surface area contributed by atoms with Crippen molar-refractivity contribution in [1.82, 2.24) is 9.55 Å². The first-order valence-corrected chi connectivity index (χ1v) is 4.47. The summed E-state index contributed by atoms with van der Waals surface area (Å²) >= 11 is 0. The highest BCUT2D eigenvalue weighted by Gasteiger charge is 2.06. The van der Waals surface area contributed by atoms with Gasteiger partial charge in [0.1, 0.15) is 0 Å². The maximum Gasteiger partial charge on any atom is 0.200 e. The highest BCUT2D eigenvalue weighted by atomic mass is 15.1. The van der Waals surface area contributed by atoms with Gasteiger partial charge in [-0.3, -0.25) is 0 Å². The molecule has 0 amide bonds. The van der Waals surface area contributed by atoms with Gasteiger partial charge in [-0.25, -0.2) is 4.98 Å². The van der Waals surface area contributed by atoms with Gasteiger partial charge in [0, 0.05) is 12.7 Å². The molecule has 0 saturated heterocycles. The number of nitrogens with two attached hydrogens (primary N) is 1. The lowest BCUT2D eigenvalue weighted by atomic mass is 10.2. The largest absolute Gasteiger partial charge is 0.369 e. The van der Waals surface area contributed by atoms with Gasteiger partial charge in [0.25, 0.3) is 0 Å². The second-order valence-corrected chi connectivity index (χ2v) is 3.37. The predicted molar refractivity (Wildman–Crippen MR) is 51.0 cm³/mol. The normalized spacial score (nSPS) is 11.0. The van der Waals surface area contributed by atoms with E-state index in [1.54, 1.807) is 0 Å². The van der Waals surface area contributed by atoms with Crippen molar-refractivity contribution in [3.63, 3.8) is 0 Å². The molecule has 1 rings (SSSR count). The maximum atomic E-state index is 5.72. The molecule has 1 aromatic heterocycles. The molecule has 12 heavy (non-hydrogen) atoms. The molecule has 3 nitrogen and oxygen atoms in total. The Morgan fingerprint density at radius 2 is 2.25 bits per heavy atom. The second kappa shape index (κ2) is 3.61. The van der Waals surface area contributed by atoms with Crippen LogP contribution >= 0.6 is 0 Å². The van der Waals surface area contributed by atoms with E-state index in [4.69, 9.17) is 5.73 Å². The third kappa shape index (κ3) is 1.78. The van der Waals surface area contributed by atoms with Crippen molar-refractivity contribution in [1.29, 1.82) is 0 Å². The minimum atomic E-state index is 0.463. The number of nitrogens with zero attached hydrogens (tertiary/aromatic N) is 2. The number of aryl methyl sites for hydroxylation is 1. The molecular formula is C9H17N3. The molecule has 3 heteroatoms. The van der Waals surface area contributed by atoms with E-state index in [-0.39, 0.29) is 0 Å². The van der Waals surface area contributed by atoms with Gasteiger partial charge in [0.15, 0.2) is 5.95 Å². The van der Waals surface area contributed by atoms with E-state index < -0.39 is 0 Å². The molecule has 0 unspecified atom stereocenters. The summed E-state index contributed by atoms with van der Waals surface area (Å²) < 4.78 is 2.01. The Bertz CT molecular complexity index is 250. The summed E-state index contributed by atoms with van der Waals surface area (Å²) in [7, 11) is 0. The van der Waals surface area contributed by atoms with Gasteiger partial charge in [-0.05, 0) is 12.3 Å². The molecule has 1 aromatic rings. The standard InChI is InChI=1S/C9H17N3/c1-4-5-12-6-8(7(2)3)11-9(12)10/h6-7H,4-5H2,1-3H3,(H2,10,11). The van der Waals surface area contributed by atoms with Crippen LogP contribution < -0.4 is 5.73 Å². The summed E-state index contributed by atoms with van der Waals surface area (Å²) in [4.78, 5) is 4.27. The molecule has 2 N–H and O–H groups in total. The molecule has 0 radical (unpaired) electrons. The minimum Gasteiger partial charge on any atom is -0.369 e. The third-order valence-electron chi connectivity index (χ3n) is 1.88. The van der Waals surface area contributed by atoms with Crippen molar-refractivity contribution in [2.45, 2.75) is 39.7 Å². The average molecular weight is 167 g/mol. The van der Waals surface area contributed by atoms with Crippen molar-refractivity contribution >= 4 is 5.95 Å². The first kappa shape index (κ1) is 9.10. The molecule has 0 spiro atoms. The van der Waals surface area contributed by atoms with Gasteiger partial charge in [-0.1, -0.05) is 20.8 Å². The zero-order chi connectivity index (χ0) is 9.14. The van der Waals surface area contributed by atoms with Crippen molar-refractivity contribution in [2.24, 2.45) is 0 Å². The van der Waals surface area contributed by atoms with Crippen LogP contribution in [-0.2, 0) is 6.54 Å². The Hall–Kier alpha value is -0.990. The molecule has 0 bridgehead atoms. The van der Waals surface area contributed by atoms with Gasteiger partial charge in [-0.15, -0.1) is 0 Å². The van der Waals surface area contributed by atoms with Gasteiger partial charge in [0.05, 0.1) is 5.69 Å². The Labute approximate surface area is 73.6 Å². The summed E-state index contributed by atoms with van der Waals surface area (Å²) in [5.74, 6) is 1.10. The molecule has 68 valence electrons. The first-order chi connectivity index (χ1) is 5.65. The van der Waals surface area contributed by atoms with E-state index in [1.165, 1.54) is 0 Å². The summed E-state index contributed by atoms with van der Waals surface area (Å²) in [6.45, 7) is 7.34. The van der Waals surface area contributed by atoms with Crippen molar-refractivity contribution in [3.05, 3.63) is 11.9 Å².